The molecule has 1 aliphatic carbocycles. The number of hydrogen-bond acceptors (Lipinski definition) is 2. The molecule has 1 fully saturated rings. The van der Waals surface area contributed by atoms with E-state index in [4.69, 9.17) is 9.47 Å². The van der Waals surface area contributed by atoms with Crippen LogP contribution in [0.1, 0.15) is 12.8 Å². The van der Waals surface area contributed by atoms with Gasteiger partial charge in [0.15, 0.2) is 0 Å². The van der Waals surface area contributed by atoms with Crippen LogP contribution in [0.2, 0.25) is 0 Å². The lowest BCUT2D eigenvalue weighted by atomic mass is 10.3. The zero-order valence-corrected chi connectivity index (χ0v) is 9.71. The quantitative estimate of drug-likeness (QED) is 0.824. The third-order valence-corrected chi connectivity index (χ3v) is 2.96. The average molecular weight is 257 g/mol. The molecule has 0 atom stereocenters. The third kappa shape index (κ3) is 2.41. The molecule has 76 valence electrons. The van der Waals surface area contributed by atoms with E-state index in [1.807, 2.05) is 18.2 Å². The van der Waals surface area contributed by atoms with E-state index >= 15 is 0 Å². The molecule has 1 aromatic carbocycles. The number of hydrogen-bond donors (Lipinski definition) is 0. The van der Waals surface area contributed by atoms with E-state index in [-0.39, 0.29) is 0 Å². The van der Waals surface area contributed by atoms with Gasteiger partial charge in [0.1, 0.15) is 11.5 Å². The predicted octanol–water partition coefficient (Wildman–Crippen LogP) is 3.25. The summed E-state index contributed by atoms with van der Waals surface area (Å²) in [6, 6.07) is 5.77. The van der Waals surface area contributed by atoms with Crippen molar-refractivity contribution in [2.45, 2.75) is 12.8 Å². The fraction of sp³-hybridized carbons (Fsp3) is 0.455. The number of halogens is 1. The Hall–Kier alpha value is -0.700. The molecule has 0 amide bonds. The first-order chi connectivity index (χ1) is 6.79. The molecular formula is C11H13BrO2. The number of rotatable bonds is 4. The van der Waals surface area contributed by atoms with Crippen LogP contribution in [0.5, 0.6) is 11.5 Å². The van der Waals surface area contributed by atoms with Crippen LogP contribution in [0.15, 0.2) is 22.7 Å². The molecule has 0 bridgehead atoms. The minimum atomic E-state index is 0.771. The van der Waals surface area contributed by atoms with E-state index in [1.165, 1.54) is 12.8 Å². The second-order valence-corrected chi connectivity index (χ2v) is 4.41. The lowest BCUT2D eigenvalue weighted by Gasteiger charge is -2.08. The first-order valence-electron chi connectivity index (χ1n) is 4.76. The van der Waals surface area contributed by atoms with Gasteiger partial charge in [-0.15, -0.1) is 0 Å². The van der Waals surface area contributed by atoms with Gasteiger partial charge < -0.3 is 9.47 Å². The second kappa shape index (κ2) is 4.22. The summed E-state index contributed by atoms with van der Waals surface area (Å²) in [6.45, 7) is 0.825. The van der Waals surface area contributed by atoms with Gasteiger partial charge >= 0.3 is 0 Å². The number of methoxy groups -OCH3 is 1. The van der Waals surface area contributed by atoms with Gasteiger partial charge in [0.05, 0.1) is 18.2 Å². The summed E-state index contributed by atoms with van der Waals surface area (Å²) in [5.74, 6) is 2.48. The highest BCUT2D eigenvalue weighted by Gasteiger charge is 2.22. The highest BCUT2D eigenvalue weighted by molar-refractivity contribution is 9.10. The van der Waals surface area contributed by atoms with Crippen molar-refractivity contribution >= 4 is 15.9 Å². The van der Waals surface area contributed by atoms with Crippen molar-refractivity contribution < 1.29 is 9.47 Å². The van der Waals surface area contributed by atoms with Crippen molar-refractivity contribution in [2.24, 2.45) is 5.92 Å². The van der Waals surface area contributed by atoms with Crippen molar-refractivity contribution in [3.05, 3.63) is 22.7 Å². The Labute approximate surface area is 92.3 Å². The Balaban J connectivity index is 2.04. The van der Waals surface area contributed by atoms with Crippen LogP contribution < -0.4 is 9.47 Å². The molecule has 0 aromatic heterocycles. The van der Waals surface area contributed by atoms with Crippen LogP contribution in [0.25, 0.3) is 0 Å². The van der Waals surface area contributed by atoms with Crippen LogP contribution in [0, 0.1) is 5.92 Å². The van der Waals surface area contributed by atoms with E-state index in [0.717, 1.165) is 28.5 Å². The van der Waals surface area contributed by atoms with Crippen LogP contribution in [-0.4, -0.2) is 13.7 Å². The minimum Gasteiger partial charge on any atom is -0.497 e. The molecule has 1 aliphatic rings. The summed E-state index contributed by atoms with van der Waals surface area (Å²) in [5.41, 5.74) is 0. The molecule has 0 radical (unpaired) electrons. The Morgan fingerprint density at radius 1 is 1.43 bits per heavy atom. The van der Waals surface area contributed by atoms with Crippen molar-refractivity contribution in [1.29, 1.82) is 0 Å². The molecule has 1 aromatic rings. The Kier molecular flexibility index (Phi) is 2.96. The SMILES string of the molecule is COc1ccc(Br)c(OCC2CC2)c1. The Bertz CT molecular complexity index is 321. The molecule has 0 saturated heterocycles. The maximum Gasteiger partial charge on any atom is 0.137 e. The van der Waals surface area contributed by atoms with E-state index in [2.05, 4.69) is 15.9 Å². The van der Waals surface area contributed by atoms with Gasteiger partial charge in [-0.05, 0) is 46.8 Å². The van der Waals surface area contributed by atoms with Gasteiger partial charge in [-0.2, -0.15) is 0 Å². The summed E-state index contributed by atoms with van der Waals surface area (Å²) in [5, 5.41) is 0. The van der Waals surface area contributed by atoms with Crippen molar-refractivity contribution in [3.8, 4) is 11.5 Å². The fourth-order valence-electron chi connectivity index (χ4n) is 1.21. The second-order valence-electron chi connectivity index (χ2n) is 3.55. The third-order valence-electron chi connectivity index (χ3n) is 2.31. The smallest absolute Gasteiger partial charge is 0.137 e. The van der Waals surface area contributed by atoms with E-state index in [0.29, 0.717) is 0 Å². The Morgan fingerprint density at radius 2 is 2.21 bits per heavy atom. The number of ether oxygens (including phenoxy) is 2. The van der Waals surface area contributed by atoms with Crippen LogP contribution in [0.4, 0.5) is 0 Å². The summed E-state index contributed by atoms with van der Waals surface area (Å²) >= 11 is 3.45. The Morgan fingerprint density at radius 3 is 2.86 bits per heavy atom. The van der Waals surface area contributed by atoms with Crippen LogP contribution >= 0.6 is 15.9 Å². The van der Waals surface area contributed by atoms with Crippen molar-refractivity contribution in [2.75, 3.05) is 13.7 Å². The van der Waals surface area contributed by atoms with Gasteiger partial charge in [0, 0.05) is 6.07 Å². The lowest BCUT2D eigenvalue weighted by Crippen LogP contribution is -1.99. The molecule has 2 nitrogen and oxygen atoms in total. The number of benzene rings is 1. The first kappa shape index (κ1) is 9.84. The zero-order valence-electron chi connectivity index (χ0n) is 8.13. The molecule has 0 N–H and O–H groups in total. The predicted molar refractivity (Wildman–Crippen MR) is 58.9 cm³/mol. The van der Waals surface area contributed by atoms with Gasteiger partial charge in [-0.3, -0.25) is 0 Å². The topological polar surface area (TPSA) is 18.5 Å². The largest absolute Gasteiger partial charge is 0.497 e. The highest BCUT2D eigenvalue weighted by atomic mass is 79.9. The van der Waals surface area contributed by atoms with Crippen LogP contribution in [0.3, 0.4) is 0 Å². The van der Waals surface area contributed by atoms with Gasteiger partial charge in [0.2, 0.25) is 0 Å². The summed E-state index contributed by atoms with van der Waals surface area (Å²) in [7, 11) is 1.66. The fourth-order valence-corrected chi connectivity index (χ4v) is 1.57. The lowest BCUT2D eigenvalue weighted by molar-refractivity contribution is 0.296. The maximum absolute atomic E-state index is 5.68. The summed E-state index contributed by atoms with van der Waals surface area (Å²) in [6.07, 6.45) is 2.61. The normalized spacial score (nSPS) is 15.3. The molecular weight excluding hydrogens is 244 g/mol. The maximum atomic E-state index is 5.68. The molecule has 0 spiro atoms. The van der Waals surface area contributed by atoms with Gasteiger partial charge in [-0.1, -0.05) is 0 Å². The minimum absolute atomic E-state index is 0.771. The highest BCUT2D eigenvalue weighted by Crippen LogP contribution is 2.33. The first-order valence-corrected chi connectivity index (χ1v) is 5.55. The standard InChI is InChI=1S/C11H13BrO2/c1-13-9-4-5-10(12)11(6-9)14-7-8-2-3-8/h4-6,8H,2-3,7H2,1H3. The summed E-state index contributed by atoms with van der Waals surface area (Å²) in [4.78, 5) is 0. The monoisotopic (exact) mass is 256 g/mol. The van der Waals surface area contributed by atoms with Crippen molar-refractivity contribution in [1.82, 2.24) is 0 Å². The molecule has 0 aliphatic heterocycles. The van der Waals surface area contributed by atoms with Gasteiger partial charge in [-0.25, -0.2) is 0 Å². The van der Waals surface area contributed by atoms with Crippen LogP contribution in [-0.2, 0) is 0 Å². The molecule has 1 saturated carbocycles. The van der Waals surface area contributed by atoms with E-state index in [9.17, 15) is 0 Å². The van der Waals surface area contributed by atoms with Crippen molar-refractivity contribution in [3.63, 3.8) is 0 Å². The molecule has 0 unspecified atom stereocenters. The molecule has 2 rings (SSSR count). The average Bonchev–Trinajstić information content (AvgIpc) is 3.00. The van der Waals surface area contributed by atoms with E-state index in [1.54, 1.807) is 7.11 Å². The molecule has 3 heteroatoms. The van der Waals surface area contributed by atoms with E-state index < -0.39 is 0 Å². The molecule has 0 heterocycles. The summed E-state index contributed by atoms with van der Waals surface area (Å²) < 4.78 is 11.8. The van der Waals surface area contributed by atoms with Gasteiger partial charge in [0.25, 0.3) is 0 Å². The zero-order chi connectivity index (χ0) is 9.97. The molecule has 14 heavy (non-hydrogen) atoms.